The molecule has 0 spiro atoms. The van der Waals surface area contributed by atoms with Crippen molar-refractivity contribution in [2.45, 2.75) is 32.1 Å². The van der Waals surface area contributed by atoms with Gasteiger partial charge in [-0.2, -0.15) is 0 Å². The summed E-state index contributed by atoms with van der Waals surface area (Å²) in [5, 5.41) is 9.26. The SMILES string of the molecule is CC(C(=O)O)C1CCCc2c1cc1c(Br)cc(F)cn21. The highest BCUT2D eigenvalue weighted by molar-refractivity contribution is 9.10. The average molecular weight is 340 g/mol. The van der Waals surface area contributed by atoms with E-state index in [1.807, 2.05) is 10.5 Å². The topological polar surface area (TPSA) is 41.7 Å². The Morgan fingerprint density at radius 1 is 1.55 bits per heavy atom. The van der Waals surface area contributed by atoms with Gasteiger partial charge in [0.25, 0.3) is 0 Å². The average Bonchev–Trinajstić information content (AvgIpc) is 2.77. The van der Waals surface area contributed by atoms with Crippen molar-refractivity contribution in [1.82, 2.24) is 4.40 Å². The molecule has 0 bridgehead atoms. The Kier molecular flexibility index (Phi) is 3.32. The number of rotatable bonds is 2. The second-order valence-electron chi connectivity index (χ2n) is 5.43. The van der Waals surface area contributed by atoms with Gasteiger partial charge in [0.15, 0.2) is 0 Å². The molecular formula is C15H15BrFNO2. The molecule has 2 heterocycles. The first-order valence-electron chi connectivity index (χ1n) is 6.70. The second-order valence-corrected chi connectivity index (χ2v) is 6.29. The first kappa shape index (κ1) is 13.6. The zero-order chi connectivity index (χ0) is 14.4. The molecule has 5 heteroatoms. The fourth-order valence-corrected chi connectivity index (χ4v) is 3.72. The summed E-state index contributed by atoms with van der Waals surface area (Å²) < 4.78 is 16.1. The quantitative estimate of drug-likeness (QED) is 0.898. The Bertz CT molecular complexity index is 695. The fourth-order valence-electron chi connectivity index (χ4n) is 3.19. The van der Waals surface area contributed by atoms with Crippen LogP contribution in [0.3, 0.4) is 0 Å². The summed E-state index contributed by atoms with van der Waals surface area (Å²) >= 11 is 3.38. The van der Waals surface area contributed by atoms with Crippen molar-refractivity contribution in [2.75, 3.05) is 0 Å². The molecule has 0 radical (unpaired) electrons. The summed E-state index contributed by atoms with van der Waals surface area (Å²) in [6.45, 7) is 1.75. The molecule has 2 aromatic heterocycles. The molecule has 3 rings (SSSR count). The van der Waals surface area contributed by atoms with Crippen molar-refractivity contribution in [2.24, 2.45) is 5.92 Å². The van der Waals surface area contributed by atoms with Gasteiger partial charge in [-0.1, -0.05) is 6.92 Å². The molecule has 20 heavy (non-hydrogen) atoms. The number of hydrogen-bond acceptors (Lipinski definition) is 1. The molecule has 1 aliphatic rings. The predicted octanol–water partition coefficient (Wildman–Crippen LogP) is 3.98. The van der Waals surface area contributed by atoms with Crippen LogP contribution in [-0.4, -0.2) is 15.5 Å². The lowest BCUT2D eigenvalue weighted by atomic mass is 9.79. The number of carbonyl (C=O) groups is 1. The maximum absolute atomic E-state index is 13.6. The van der Waals surface area contributed by atoms with Crippen molar-refractivity contribution in [3.63, 3.8) is 0 Å². The van der Waals surface area contributed by atoms with E-state index >= 15 is 0 Å². The number of nitrogens with zero attached hydrogens (tertiary/aromatic N) is 1. The Morgan fingerprint density at radius 2 is 2.30 bits per heavy atom. The molecule has 0 aromatic carbocycles. The van der Waals surface area contributed by atoms with Crippen LogP contribution >= 0.6 is 15.9 Å². The number of carboxylic acids is 1. The minimum atomic E-state index is -0.775. The van der Waals surface area contributed by atoms with Gasteiger partial charge in [-0.3, -0.25) is 4.79 Å². The molecule has 0 amide bonds. The van der Waals surface area contributed by atoms with E-state index in [2.05, 4.69) is 15.9 Å². The molecule has 0 aliphatic heterocycles. The summed E-state index contributed by atoms with van der Waals surface area (Å²) in [7, 11) is 0. The summed E-state index contributed by atoms with van der Waals surface area (Å²) in [5.74, 6) is -1.49. The number of aliphatic carboxylic acids is 1. The van der Waals surface area contributed by atoms with Gasteiger partial charge in [-0.15, -0.1) is 0 Å². The smallest absolute Gasteiger partial charge is 0.306 e. The Hall–Kier alpha value is -1.36. The molecule has 2 aromatic rings. The summed E-state index contributed by atoms with van der Waals surface area (Å²) in [4.78, 5) is 11.3. The third-order valence-electron chi connectivity index (χ3n) is 4.26. The zero-order valence-corrected chi connectivity index (χ0v) is 12.7. The standard InChI is InChI=1S/C15H15BrFNO2/c1-8(15(19)20)10-3-2-4-13-11(10)6-14-12(16)5-9(17)7-18(13)14/h5-8,10H,2-4H2,1H3,(H,19,20). The highest BCUT2D eigenvalue weighted by Crippen LogP contribution is 2.40. The van der Waals surface area contributed by atoms with Gasteiger partial charge in [-0.05, 0) is 58.8 Å². The Balaban J connectivity index is 2.20. The molecule has 2 atom stereocenters. The number of fused-ring (bicyclic) bond motifs is 3. The fraction of sp³-hybridized carbons (Fsp3) is 0.400. The van der Waals surface area contributed by atoms with Crippen LogP contribution in [0, 0.1) is 11.7 Å². The lowest BCUT2D eigenvalue weighted by Crippen LogP contribution is -2.22. The van der Waals surface area contributed by atoms with Crippen LogP contribution in [-0.2, 0) is 11.2 Å². The molecule has 2 unspecified atom stereocenters. The van der Waals surface area contributed by atoms with Crippen LogP contribution in [0.15, 0.2) is 22.8 Å². The first-order chi connectivity index (χ1) is 9.49. The highest BCUT2D eigenvalue weighted by atomic mass is 79.9. The van der Waals surface area contributed by atoms with Crippen LogP contribution in [0.5, 0.6) is 0 Å². The minimum absolute atomic E-state index is 0.00566. The third-order valence-corrected chi connectivity index (χ3v) is 4.89. The van der Waals surface area contributed by atoms with Crippen molar-refractivity contribution < 1.29 is 14.3 Å². The number of pyridine rings is 1. The number of halogens is 2. The molecule has 1 N–H and O–H groups in total. The molecular weight excluding hydrogens is 325 g/mol. The van der Waals surface area contributed by atoms with Gasteiger partial charge in [-0.25, -0.2) is 4.39 Å². The van der Waals surface area contributed by atoms with Crippen LogP contribution in [0.25, 0.3) is 5.52 Å². The first-order valence-corrected chi connectivity index (χ1v) is 7.50. The lowest BCUT2D eigenvalue weighted by Gasteiger charge is -2.26. The normalized spacial score (nSPS) is 19.9. The van der Waals surface area contributed by atoms with Crippen LogP contribution < -0.4 is 0 Å². The highest BCUT2D eigenvalue weighted by Gasteiger charge is 2.31. The van der Waals surface area contributed by atoms with E-state index in [1.165, 1.54) is 12.3 Å². The molecule has 0 saturated heterocycles. The number of carboxylic acid groups (broad SMARTS) is 1. The molecule has 0 saturated carbocycles. The van der Waals surface area contributed by atoms with Crippen molar-refractivity contribution in [1.29, 1.82) is 0 Å². The molecule has 3 nitrogen and oxygen atoms in total. The van der Waals surface area contributed by atoms with Crippen molar-refractivity contribution in [3.8, 4) is 0 Å². The summed E-state index contributed by atoms with van der Waals surface area (Å²) in [6, 6.07) is 3.44. The van der Waals surface area contributed by atoms with Crippen LogP contribution in [0.4, 0.5) is 4.39 Å². The summed E-state index contributed by atoms with van der Waals surface area (Å²) in [5.41, 5.74) is 3.00. The van der Waals surface area contributed by atoms with Gasteiger partial charge >= 0.3 is 5.97 Å². The maximum Gasteiger partial charge on any atom is 0.306 e. The summed E-state index contributed by atoms with van der Waals surface area (Å²) in [6.07, 6.45) is 4.15. The van der Waals surface area contributed by atoms with Gasteiger partial charge < -0.3 is 9.51 Å². The van der Waals surface area contributed by atoms with E-state index < -0.39 is 11.9 Å². The van der Waals surface area contributed by atoms with Gasteiger partial charge in [0.2, 0.25) is 0 Å². The largest absolute Gasteiger partial charge is 0.481 e. The number of aromatic nitrogens is 1. The van der Waals surface area contributed by atoms with Gasteiger partial charge in [0.05, 0.1) is 11.4 Å². The third kappa shape index (κ3) is 2.04. The predicted molar refractivity (Wildman–Crippen MR) is 77.5 cm³/mol. The van der Waals surface area contributed by atoms with Gasteiger partial charge in [0, 0.05) is 16.4 Å². The van der Waals surface area contributed by atoms with E-state index in [0.717, 1.165) is 36.0 Å². The van der Waals surface area contributed by atoms with Crippen LogP contribution in [0.1, 0.15) is 36.9 Å². The Morgan fingerprint density at radius 3 is 3.00 bits per heavy atom. The minimum Gasteiger partial charge on any atom is -0.481 e. The number of hydrogen-bond donors (Lipinski definition) is 1. The van der Waals surface area contributed by atoms with E-state index in [-0.39, 0.29) is 11.7 Å². The monoisotopic (exact) mass is 339 g/mol. The Labute approximate surface area is 124 Å². The maximum atomic E-state index is 13.6. The van der Waals surface area contributed by atoms with Crippen molar-refractivity contribution >= 4 is 27.4 Å². The van der Waals surface area contributed by atoms with E-state index in [1.54, 1.807) is 6.92 Å². The van der Waals surface area contributed by atoms with Gasteiger partial charge in [0.1, 0.15) is 5.82 Å². The molecule has 0 fully saturated rings. The zero-order valence-electron chi connectivity index (χ0n) is 11.1. The van der Waals surface area contributed by atoms with E-state index in [0.29, 0.717) is 4.47 Å². The second kappa shape index (κ2) is 4.88. The lowest BCUT2D eigenvalue weighted by molar-refractivity contribution is -0.142. The number of aryl methyl sites for hydroxylation is 1. The molecule has 106 valence electrons. The van der Waals surface area contributed by atoms with E-state index in [9.17, 15) is 14.3 Å². The van der Waals surface area contributed by atoms with Crippen LogP contribution in [0.2, 0.25) is 0 Å². The van der Waals surface area contributed by atoms with E-state index in [4.69, 9.17) is 0 Å². The van der Waals surface area contributed by atoms with Crippen molar-refractivity contribution in [3.05, 3.63) is 39.9 Å². The molecule has 1 aliphatic carbocycles.